The second-order valence-corrected chi connectivity index (χ2v) is 6.37. The average molecular weight is 397 g/mol. The lowest BCUT2D eigenvalue weighted by Gasteiger charge is -2.12. The van der Waals surface area contributed by atoms with Crippen LogP contribution in [0.15, 0.2) is 36.4 Å². The third kappa shape index (κ3) is 6.13. The molecule has 2 rings (SSSR count). The molecule has 2 amide bonds. The molecule has 6 nitrogen and oxygen atoms in total. The van der Waals surface area contributed by atoms with Crippen LogP contribution in [0, 0.1) is 13.8 Å². The van der Waals surface area contributed by atoms with Gasteiger partial charge in [-0.05, 0) is 61.4 Å². The zero-order valence-electron chi connectivity index (χ0n) is 14.3. The summed E-state index contributed by atoms with van der Waals surface area (Å²) in [5.74, 6) is 0.0700. The van der Waals surface area contributed by atoms with Crippen molar-refractivity contribution in [3.63, 3.8) is 0 Å². The molecule has 0 aliphatic heterocycles. The Hall–Kier alpha value is -2.44. The van der Waals surface area contributed by atoms with E-state index in [0.29, 0.717) is 21.5 Å². The van der Waals surface area contributed by atoms with Gasteiger partial charge in [0.1, 0.15) is 11.5 Å². The molecule has 2 aromatic rings. The number of carbonyl (C=O) groups is 2. The SMILES string of the molecule is Cc1cc(Cl)ccc1OCC(=O)NNC(=O)COc1ccc(Cl)cc1C. The fourth-order valence-corrected chi connectivity index (χ4v) is 2.50. The molecule has 0 radical (unpaired) electrons. The first-order valence-electron chi connectivity index (χ1n) is 7.70. The summed E-state index contributed by atoms with van der Waals surface area (Å²) >= 11 is 11.7. The highest BCUT2D eigenvalue weighted by Gasteiger charge is 2.09. The summed E-state index contributed by atoms with van der Waals surface area (Å²) in [7, 11) is 0. The van der Waals surface area contributed by atoms with Gasteiger partial charge in [-0.3, -0.25) is 20.4 Å². The van der Waals surface area contributed by atoms with E-state index < -0.39 is 11.8 Å². The fourth-order valence-electron chi connectivity index (χ4n) is 2.05. The number of benzene rings is 2. The number of hydrogen-bond donors (Lipinski definition) is 2. The molecule has 8 heteroatoms. The van der Waals surface area contributed by atoms with Crippen molar-refractivity contribution < 1.29 is 19.1 Å². The molecular weight excluding hydrogens is 379 g/mol. The van der Waals surface area contributed by atoms with E-state index >= 15 is 0 Å². The molecule has 0 fully saturated rings. The maximum Gasteiger partial charge on any atom is 0.276 e. The van der Waals surface area contributed by atoms with E-state index in [4.69, 9.17) is 32.7 Å². The van der Waals surface area contributed by atoms with E-state index in [2.05, 4.69) is 10.9 Å². The summed E-state index contributed by atoms with van der Waals surface area (Å²) in [6.07, 6.45) is 0. The molecule has 0 saturated carbocycles. The van der Waals surface area contributed by atoms with Gasteiger partial charge in [0.15, 0.2) is 13.2 Å². The number of nitrogens with one attached hydrogen (secondary N) is 2. The van der Waals surface area contributed by atoms with Gasteiger partial charge in [0, 0.05) is 10.0 Å². The second kappa shape index (κ2) is 9.31. The van der Waals surface area contributed by atoms with Crippen LogP contribution in [0.1, 0.15) is 11.1 Å². The van der Waals surface area contributed by atoms with E-state index in [1.807, 2.05) is 13.8 Å². The predicted octanol–water partition coefficient (Wildman–Crippen LogP) is 3.22. The molecule has 0 aliphatic rings. The lowest BCUT2D eigenvalue weighted by Crippen LogP contribution is -2.45. The molecule has 0 atom stereocenters. The maximum absolute atomic E-state index is 11.7. The number of amides is 2. The van der Waals surface area contributed by atoms with E-state index in [1.54, 1.807) is 36.4 Å². The first-order valence-corrected chi connectivity index (χ1v) is 8.46. The van der Waals surface area contributed by atoms with Crippen LogP contribution in [0.3, 0.4) is 0 Å². The summed E-state index contributed by atoms with van der Waals surface area (Å²) in [4.78, 5) is 23.5. The summed E-state index contributed by atoms with van der Waals surface area (Å²) < 4.78 is 10.8. The Bertz CT molecular complexity index is 744. The quantitative estimate of drug-likeness (QED) is 0.734. The van der Waals surface area contributed by atoms with Gasteiger partial charge in [0.2, 0.25) is 0 Å². The Balaban J connectivity index is 1.72. The number of ether oxygens (including phenoxy) is 2. The fraction of sp³-hybridized carbons (Fsp3) is 0.222. The highest BCUT2D eigenvalue weighted by atomic mass is 35.5. The topological polar surface area (TPSA) is 76.7 Å². The summed E-state index contributed by atoms with van der Waals surface area (Å²) in [5, 5.41) is 1.17. The van der Waals surface area contributed by atoms with Crippen LogP contribution >= 0.6 is 23.2 Å². The van der Waals surface area contributed by atoms with E-state index in [-0.39, 0.29) is 13.2 Å². The molecule has 0 spiro atoms. The van der Waals surface area contributed by atoms with Crippen LogP contribution in [0.25, 0.3) is 0 Å². The molecule has 26 heavy (non-hydrogen) atoms. The minimum Gasteiger partial charge on any atom is -0.483 e. The smallest absolute Gasteiger partial charge is 0.276 e. The predicted molar refractivity (Wildman–Crippen MR) is 99.7 cm³/mol. The van der Waals surface area contributed by atoms with Crippen molar-refractivity contribution in [3.8, 4) is 11.5 Å². The minimum absolute atomic E-state index is 0.250. The first-order chi connectivity index (χ1) is 12.3. The molecule has 0 aromatic heterocycles. The van der Waals surface area contributed by atoms with Crippen LogP contribution < -0.4 is 20.3 Å². The lowest BCUT2D eigenvalue weighted by atomic mass is 10.2. The van der Waals surface area contributed by atoms with Crippen molar-refractivity contribution in [2.24, 2.45) is 0 Å². The third-order valence-corrected chi connectivity index (χ3v) is 3.80. The summed E-state index contributed by atoms with van der Waals surface area (Å²) in [5.41, 5.74) is 6.12. The number of aryl methyl sites for hydroxylation is 2. The van der Waals surface area contributed by atoms with Crippen molar-refractivity contribution in [1.82, 2.24) is 10.9 Å². The third-order valence-electron chi connectivity index (χ3n) is 3.33. The molecular formula is C18H18Cl2N2O4. The van der Waals surface area contributed by atoms with E-state index in [0.717, 1.165) is 11.1 Å². The van der Waals surface area contributed by atoms with Crippen molar-refractivity contribution >= 4 is 35.0 Å². The van der Waals surface area contributed by atoms with Gasteiger partial charge in [-0.25, -0.2) is 0 Å². The van der Waals surface area contributed by atoms with Crippen LogP contribution in [-0.4, -0.2) is 25.0 Å². The Labute approximate surface area is 161 Å². The number of carbonyl (C=O) groups excluding carboxylic acids is 2. The van der Waals surface area contributed by atoms with Crippen molar-refractivity contribution in [1.29, 1.82) is 0 Å². The lowest BCUT2D eigenvalue weighted by molar-refractivity contribution is -0.131. The highest BCUT2D eigenvalue weighted by Crippen LogP contribution is 2.22. The number of hydrogen-bond acceptors (Lipinski definition) is 4. The van der Waals surface area contributed by atoms with Gasteiger partial charge < -0.3 is 9.47 Å². The van der Waals surface area contributed by atoms with Gasteiger partial charge in [0.25, 0.3) is 11.8 Å². The maximum atomic E-state index is 11.7. The zero-order chi connectivity index (χ0) is 19.1. The van der Waals surface area contributed by atoms with Gasteiger partial charge >= 0.3 is 0 Å². The molecule has 0 saturated heterocycles. The van der Waals surface area contributed by atoms with Crippen molar-refractivity contribution in [2.45, 2.75) is 13.8 Å². The van der Waals surface area contributed by atoms with Crippen LogP contribution in [0.5, 0.6) is 11.5 Å². The Morgan fingerprint density at radius 2 is 1.19 bits per heavy atom. The first kappa shape index (κ1) is 19.9. The molecule has 138 valence electrons. The number of hydrazine groups is 1. The Morgan fingerprint density at radius 1 is 0.808 bits per heavy atom. The molecule has 0 bridgehead atoms. The molecule has 0 heterocycles. The van der Waals surface area contributed by atoms with Gasteiger partial charge in [-0.1, -0.05) is 23.2 Å². The number of rotatable bonds is 6. The normalized spacial score (nSPS) is 10.2. The van der Waals surface area contributed by atoms with Crippen LogP contribution in [0.2, 0.25) is 10.0 Å². The molecule has 2 aromatic carbocycles. The van der Waals surface area contributed by atoms with Crippen LogP contribution in [0.4, 0.5) is 0 Å². The second-order valence-electron chi connectivity index (χ2n) is 5.49. The molecule has 2 N–H and O–H groups in total. The monoisotopic (exact) mass is 396 g/mol. The average Bonchev–Trinajstić information content (AvgIpc) is 2.58. The molecule has 0 aliphatic carbocycles. The summed E-state index contributed by atoms with van der Waals surface area (Å²) in [6, 6.07) is 10.1. The van der Waals surface area contributed by atoms with E-state index in [9.17, 15) is 9.59 Å². The number of halogens is 2. The summed E-state index contributed by atoms with van der Waals surface area (Å²) in [6.45, 7) is 3.13. The van der Waals surface area contributed by atoms with Gasteiger partial charge in [-0.2, -0.15) is 0 Å². The highest BCUT2D eigenvalue weighted by molar-refractivity contribution is 6.31. The Morgan fingerprint density at radius 3 is 1.54 bits per heavy atom. The van der Waals surface area contributed by atoms with Crippen molar-refractivity contribution in [2.75, 3.05) is 13.2 Å². The zero-order valence-corrected chi connectivity index (χ0v) is 15.8. The van der Waals surface area contributed by atoms with Crippen molar-refractivity contribution in [3.05, 3.63) is 57.6 Å². The van der Waals surface area contributed by atoms with Gasteiger partial charge in [0.05, 0.1) is 0 Å². The minimum atomic E-state index is -0.504. The van der Waals surface area contributed by atoms with E-state index in [1.165, 1.54) is 0 Å². The largest absolute Gasteiger partial charge is 0.483 e. The van der Waals surface area contributed by atoms with Gasteiger partial charge in [-0.15, -0.1) is 0 Å². The molecule has 0 unspecified atom stereocenters. The Kier molecular flexibility index (Phi) is 7.12. The van der Waals surface area contributed by atoms with Crippen LogP contribution in [-0.2, 0) is 9.59 Å². The standard InChI is InChI=1S/C18H18Cl2N2O4/c1-11-7-13(19)3-5-15(11)25-9-17(23)21-22-18(24)10-26-16-6-4-14(20)8-12(16)2/h3-8H,9-10H2,1-2H3,(H,21,23)(H,22,24).